The van der Waals surface area contributed by atoms with E-state index in [4.69, 9.17) is 5.73 Å². The van der Waals surface area contributed by atoms with Crippen LogP contribution < -0.4 is 5.73 Å². The van der Waals surface area contributed by atoms with Crippen LogP contribution in [0.1, 0.15) is 44.1 Å². The number of rotatable bonds is 3. The van der Waals surface area contributed by atoms with Crippen LogP contribution in [0.3, 0.4) is 0 Å². The number of halogens is 1. The van der Waals surface area contributed by atoms with Crippen molar-refractivity contribution >= 4 is 0 Å². The highest BCUT2D eigenvalue weighted by molar-refractivity contribution is 5.26. The molecule has 0 radical (unpaired) electrons. The summed E-state index contributed by atoms with van der Waals surface area (Å²) in [5.74, 6) is -0.151. The molecule has 0 amide bonds. The fourth-order valence-corrected chi connectivity index (χ4v) is 2.99. The second-order valence-corrected chi connectivity index (χ2v) is 4.89. The summed E-state index contributed by atoms with van der Waals surface area (Å²) in [6, 6.07) is 7.02. The van der Waals surface area contributed by atoms with Gasteiger partial charge in [-0.2, -0.15) is 0 Å². The molecular formula is C14H20FN. The number of hydrogen-bond acceptors (Lipinski definition) is 1. The summed E-state index contributed by atoms with van der Waals surface area (Å²) in [6.07, 6.45) is 7.31. The van der Waals surface area contributed by atoms with Crippen molar-refractivity contribution in [2.45, 2.75) is 43.9 Å². The highest BCUT2D eigenvalue weighted by atomic mass is 19.1. The Labute approximate surface area is 96.9 Å². The Bertz CT molecular complexity index is 320. The van der Waals surface area contributed by atoms with Crippen molar-refractivity contribution in [3.05, 3.63) is 35.6 Å². The molecule has 1 aromatic rings. The first-order valence-corrected chi connectivity index (χ1v) is 6.23. The molecule has 88 valence electrons. The third-order valence-corrected chi connectivity index (χ3v) is 3.89. The third-order valence-electron chi connectivity index (χ3n) is 3.89. The van der Waals surface area contributed by atoms with Gasteiger partial charge in [-0.25, -0.2) is 4.39 Å². The zero-order chi connectivity index (χ0) is 11.4. The van der Waals surface area contributed by atoms with Crippen molar-refractivity contribution in [2.24, 2.45) is 5.73 Å². The van der Waals surface area contributed by atoms with E-state index in [9.17, 15) is 4.39 Å². The summed E-state index contributed by atoms with van der Waals surface area (Å²) in [6.45, 7) is 0.720. The summed E-state index contributed by atoms with van der Waals surface area (Å²) < 4.78 is 12.9. The van der Waals surface area contributed by atoms with Gasteiger partial charge in [-0.3, -0.25) is 0 Å². The van der Waals surface area contributed by atoms with E-state index < -0.39 is 0 Å². The summed E-state index contributed by atoms with van der Waals surface area (Å²) >= 11 is 0. The van der Waals surface area contributed by atoms with Crippen molar-refractivity contribution in [3.8, 4) is 0 Å². The molecule has 2 N–H and O–H groups in total. The second-order valence-electron chi connectivity index (χ2n) is 4.89. The molecule has 0 bridgehead atoms. The van der Waals surface area contributed by atoms with E-state index in [1.54, 1.807) is 12.1 Å². The molecule has 16 heavy (non-hydrogen) atoms. The molecule has 0 aromatic heterocycles. The van der Waals surface area contributed by atoms with Crippen LogP contribution in [0.15, 0.2) is 24.3 Å². The lowest BCUT2D eigenvalue weighted by Crippen LogP contribution is -2.31. The van der Waals surface area contributed by atoms with Crippen molar-refractivity contribution < 1.29 is 4.39 Å². The highest BCUT2D eigenvalue weighted by Crippen LogP contribution is 2.41. The Balaban J connectivity index is 2.26. The molecule has 1 fully saturated rings. The van der Waals surface area contributed by atoms with Crippen molar-refractivity contribution in [1.29, 1.82) is 0 Å². The first-order valence-electron chi connectivity index (χ1n) is 6.23. The fourth-order valence-electron chi connectivity index (χ4n) is 2.99. The molecule has 1 nitrogen and oxygen atoms in total. The van der Waals surface area contributed by atoms with E-state index in [1.165, 1.54) is 37.7 Å². The van der Waals surface area contributed by atoms with Gasteiger partial charge in [0.15, 0.2) is 0 Å². The maximum absolute atomic E-state index is 12.9. The van der Waals surface area contributed by atoms with E-state index >= 15 is 0 Å². The van der Waals surface area contributed by atoms with Gasteiger partial charge in [0, 0.05) is 0 Å². The molecule has 2 rings (SSSR count). The van der Waals surface area contributed by atoms with E-state index in [-0.39, 0.29) is 11.2 Å². The van der Waals surface area contributed by atoms with Gasteiger partial charge in [-0.05, 0) is 48.9 Å². The first kappa shape index (κ1) is 11.6. The van der Waals surface area contributed by atoms with Gasteiger partial charge in [-0.15, -0.1) is 0 Å². The predicted molar refractivity (Wildman–Crippen MR) is 64.8 cm³/mol. The lowest BCUT2D eigenvalue weighted by atomic mass is 9.67. The minimum Gasteiger partial charge on any atom is -0.330 e. The van der Waals surface area contributed by atoms with Crippen molar-refractivity contribution in [3.63, 3.8) is 0 Å². The fraction of sp³-hybridized carbons (Fsp3) is 0.571. The monoisotopic (exact) mass is 221 g/mol. The normalized spacial score (nSPS) is 19.6. The Hall–Kier alpha value is -0.890. The predicted octanol–water partition coefficient (Wildman–Crippen LogP) is 3.38. The van der Waals surface area contributed by atoms with E-state index in [0.29, 0.717) is 0 Å². The van der Waals surface area contributed by atoms with Gasteiger partial charge in [0.2, 0.25) is 0 Å². The Morgan fingerprint density at radius 1 is 1.06 bits per heavy atom. The summed E-state index contributed by atoms with van der Waals surface area (Å²) in [4.78, 5) is 0. The van der Waals surface area contributed by atoms with Gasteiger partial charge in [-0.1, -0.05) is 31.4 Å². The number of benzene rings is 1. The Morgan fingerprint density at radius 2 is 1.69 bits per heavy atom. The molecular weight excluding hydrogens is 201 g/mol. The molecule has 0 aliphatic heterocycles. The van der Waals surface area contributed by atoms with E-state index in [0.717, 1.165) is 13.0 Å². The lowest BCUT2D eigenvalue weighted by Gasteiger charge is -2.37. The molecule has 0 atom stereocenters. The standard InChI is InChI=1S/C14H20FN/c15-13-6-4-12(5-7-13)14(10-11-16)8-2-1-3-9-14/h4-7H,1-3,8-11,16H2. The van der Waals surface area contributed by atoms with Crippen LogP contribution in [0.25, 0.3) is 0 Å². The summed E-state index contributed by atoms with van der Waals surface area (Å²) in [7, 11) is 0. The van der Waals surface area contributed by atoms with Gasteiger partial charge in [0.05, 0.1) is 0 Å². The first-order chi connectivity index (χ1) is 7.77. The van der Waals surface area contributed by atoms with Crippen LogP contribution in [0.4, 0.5) is 4.39 Å². The van der Waals surface area contributed by atoms with Crippen LogP contribution in [0.2, 0.25) is 0 Å². The minimum absolute atomic E-state index is 0.151. The number of hydrogen-bond donors (Lipinski definition) is 1. The van der Waals surface area contributed by atoms with Crippen molar-refractivity contribution in [2.75, 3.05) is 6.54 Å². The summed E-state index contributed by atoms with van der Waals surface area (Å²) in [5, 5.41) is 0. The van der Waals surface area contributed by atoms with Gasteiger partial charge in [0.25, 0.3) is 0 Å². The minimum atomic E-state index is -0.151. The smallest absolute Gasteiger partial charge is 0.123 e. The average Bonchev–Trinajstić information content (AvgIpc) is 2.31. The van der Waals surface area contributed by atoms with E-state index in [2.05, 4.69) is 0 Å². The zero-order valence-corrected chi connectivity index (χ0v) is 9.71. The van der Waals surface area contributed by atoms with Crippen LogP contribution in [-0.2, 0) is 5.41 Å². The van der Waals surface area contributed by atoms with Crippen molar-refractivity contribution in [1.82, 2.24) is 0 Å². The molecule has 1 aliphatic rings. The molecule has 0 spiro atoms. The molecule has 0 heterocycles. The summed E-state index contributed by atoms with van der Waals surface area (Å²) in [5.41, 5.74) is 7.24. The largest absolute Gasteiger partial charge is 0.330 e. The Kier molecular flexibility index (Phi) is 3.59. The zero-order valence-electron chi connectivity index (χ0n) is 9.71. The average molecular weight is 221 g/mol. The topological polar surface area (TPSA) is 26.0 Å². The quantitative estimate of drug-likeness (QED) is 0.832. The SMILES string of the molecule is NCCC1(c2ccc(F)cc2)CCCCC1. The Morgan fingerprint density at radius 3 is 2.25 bits per heavy atom. The maximum atomic E-state index is 12.9. The van der Waals surface area contributed by atoms with Gasteiger partial charge >= 0.3 is 0 Å². The maximum Gasteiger partial charge on any atom is 0.123 e. The number of nitrogens with two attached hydrogens (primary N) is 1. The van der Waals surface area contributed by atoms with Crippen LogP contribution in [-0.4, -0.2) is 6.54 Å². The molecule has 0 saturated heterocycles. The second kappa shape index (κ2) is 4.96. The molecule has 0 unspecified atom stereocenters. The highest BCUT2D eigenvalue weighted by Gasteiger charge is 2.32. The van der Waals surface area contributed by atoms with Crippen LogP contribution >= 0.6 is 0 Å². The third kappa shape index (κ3) is 2.27. The van der Waals surface area contributed by atoms with Gasteiger partial charge < -0.3 is 5.73 Å². The van der Waals surface area contributed by atoms with Crippen LogP contribution in [0.5, 0.6) is 0 Å². The van der Waals surface area contributed by atoms with E-state index in [1.807, 2.05) is 12.1 Å². The van der Waals surface area contributed by atoms with Gasteiger partial charge in [0.1, 0.15) is 5.82 Å². The lowest BCUT2D eigenvalue weighted by molar-refractivity contribution is 0.277. The molecule has 2 heteroatoms. The molecule has 1 aliphatic carbocycles. The molecule has 1 saturated carbocycles. The molecule has 1 aromatic carbocycles. The van der Waals surface area contributed by atoms with Crippen LogP contribution in [0, 0.1) is 5.82 Å².